The van der Waals surface area contributed by atoms with Gasteiger partial charge < -0.3 is 19.7 Å². The van der Waals surface area contributed by atoms with Crippen LogP contribution in [0.2, 0.25) is 0 Å². The molecule has 11 heteroatoms. The van der Waals surface area contributed by atoms with Gasteiger partial charge in [-0.25, -0.2) is 0 Å². The number of hydrogen-bond donors (Lipinski definition) is 1. The van der Waals surface area contributed by atoms with Crippen LogP contribution in [0.1, 0.15) is 67.0 Å². The molecule has 3 rings (SSSR count). The van der Waals surface area contributed by atoms with Crippen LogP contribution in [0.25, 0.3) is 0 Å². The topological polar surface area (TPSA) is 93.7 Å². The van der Waals surface area contributed by atoms with Crippen molar-refractivity contribution in [3.63, 3.8) is 0 Å². The molecule has 3 heterocycles. The second kappa shape index (κ2) is 12.6. The molecule has 1 fully saturated rings. The molecule has 1 unspecified atom stereocenters. The fourth-order valence-corrected chi connectivity index (χ4v) is 4.24. The number of halogens is 3. The average molecular weight is 537 g/mol. The normalized spacial score (nSPS) is 15.4. The van der Waals surface area contributed by atoms with Gasteiger partial charge in [-0.3, -0.25) is 14.6 Å². The van der Waals surface area contributed by atoms with Gasteiger partial charge in [0.2, 0.25) is 5.88 Å². The first-order chi connectivity index (χ1) is 17.9. The van der Waals surface area contributed by atoms with Crippen molar-refractivity contribution >= 4 is 17.5 Å². The van der Waals surface area contributed by atoms with Gasteiger partial charge in [0.1, 0.15) is 11.6 Å². The number of aryl methyl sites for hydroxylation is 1. The number of piperidine rings is 1. The molecule has 38 heavy (non-hydrogen) atoms. The number of carbonyl (C=O) groups is 2. The first kappa shape index (κ1) is 29.3. The van der Waals surface area contributed by atoms with E-state index in [0.29, 0.717) is 31.6 Å². The van der Waals surface area contributed by atoms with E-state index < -0.39 is 24.7 Å². The third kappa shape index (κ3) is 8.14. The maximum absolute atomic E-state index is 13.4. The number of hydrogen-bond acceptors (Lipinski definition) is 7. The van der Waals surface area contributed by atoms with Crippen LogP contribution in [0.3, 0.4) is 0 Å². The van der Waals surface area contributed by atoms with Crippen molar-refractivity contribution in [2.24, 2.45) is 5.92 Å². The summed E-state index contributed by atoms with van der Waals surface area (Å²) in [6, 6.07) is 5.93. The first-order valence-electron chi connectivity index (χ1n) is 12.7. The summed E-state index contributed by atoms with van der Waals surface area (Å²) in [5, 5.41) is 2.95. The van der Waals surface area contributed by atoms with Crippen LogP contribution in [0.4, 0.5) is 19.0 Å². The zero-order valence-corrected chi connectivity index (χ0v) is 22.4. The Morgan fingerprint density at radius 2 is 1.82 bits per heavy atom. The monoisotopic (exact) mass is 536 g/mol. The van der Waals surface area contributed by atoms with Gasteiger partial charge in [0.15, 0.2) is 6.61 Å². The Labute approximate surface area is 220 Å². The SMILES string of the molecule is COC1CCN(c2nc(OCC(F)(F)F)ccc2C(=O)NC(C)c2cc(C)nc(CC(=O)C(C)C)c2)CC1. The Morgan fingerprint density at radius 3 is 2.42 bits per heavy atom. The number of ketones is 1. The Hall–Kier alpha value is -3.21. The van der Waals surface area contributed by atoms with Gasteiger partial charge in [0.25, 0.3) is 5.91 Å². The molecule has 1 amide bonds. The van der Waals surface area contributed by atoms with E-state index in [9.17, 15) is 22.8 Å². The van der Waals surface area contributed by atoms with E-state index in [1.807, 2.05) is 38.7 Å². The first-order valence-corrected chi connectivity index (χ1v) is 12.7. The summed E-state index contributed by atoms with van der Waals surface area (Å²) in [6.45, 7) is 6.90. The van der Waals surface area contributed by atoms with Crippen LogP contribution >= 0.6 is 0 Å². The highest BCUT2D eigenvalue weighted by atomic mass is 19.4. The molecule has 1 N–H and O–H groups in total. The predicted molar refractivity (Wildman–Crippen MR) is 136 cm³/mol. The lowest BCUT2D eigenvalue weighted by Crippen LogP contribution is -2.39. The summed E-state index contributed by atoms with van der Waals surface area (Å²) < 4.78 is 48.3. The van der Waals surface area contributed by atoms with Crippen LogP contribution in [0.5, 0.6) is 5.88 Å². The zero-order valence-electron chi connectivity index (χ0n) is 22.4. The van der Waals surface area contributed by atoms with Crippen molar-refractivity contribution in [1.29, 1.82) is 0 Å². The highest BCUT2D eigenvalue weighted by Crippen LogP contribution is 2.28. The minimum atomic E-state index is -4.51. The number of amides is 1. The van der Waals surface area contributed by atoms with Crippen molar-refractivity contribution in [1.82, 2.24) is 15.3 Å². The lowest BCUT2D eigenvalue weighted by molar-refractivity contribution is -0.154. The summed E-state index contributed by atoms with van der Waals surface area (Å²) in [4.78, 5) is 36.2. The molecular weight excluding hydrogens is 501 g/mol. The number of rotatable bonds is 10. The Bertz CT molecular complexity index is 1130. The number of ether oxygens (including phenoxy) is 2. The molecule has 0 aromatic carbocycles. The largest absolute Gasteiger partial charge is 0.468 e. The molecule has 1 saturated heterocycles. The summed E-state index contributed by atoms with van der Waals surface area (Å²) in [6.07, 6.45) is -2.85. The lowest BCUT2D eigenvalue weighted by atomic mass is 10.0. The van der Waals surface area contributed by atoms with E-state index >= 15 is 0 Å². The van der Waals surface area contributed by atoms with Crippen LogP contribution in [-0.2, 0) is 16.0 Å². The number of methoxy groups -OCH3 is 1. The Morgan fingerprint density at radius 1 is 1.13 bits per heavy atom. The second-order valence-corrected chi connectivity index (χ2v) is 9.87. The standard InChI is InChI=1S/C27H35F3N4O4/c1-16(2)23(35)14-20-13-19(12-17(3)31-20)18(4)32-26(36)22-6-7-24(38-15-27(28,29)30)33-25(22)34-10-8-21(37-5)9-11-34/h6-7,12-13,16,18,21H,8-11,14-15H2,1-5H3,(H,32,36). The molecule has 2 aromatic rings. The fourth-order valence-electron chi connectivity index (χ4n) is 4.24. The molecule has 0 radical (unpaired) electrons. The fraction of sp³-hybridized carbons (Fsp3) is 0.556. The van der Waals surface area contributed by atoms with E-state index in [2.05, 4.69) is 15.3 Å². The number of nitrogens with one attached hydrogen (secondary N) is 1. The van der Waals surface area contributed by atoms with Crippen molar-refractivity contribution in [2.75, 3.05) is 31.7 Å². The summed E-state index contributed by atoms with van der Waals surface area (Å²) >= 11 is 0. The van der Waals surface area contributed by atoms with E-state index in [4.69, 9.17) is 9.47 Å². The number of pyridine rings is 2. The van der Waals surface area contributed by atoms with Gasteiger partial charge in [0.05, 0.1) is 17.7 Å². The van der Waals surface area contributed by atoms with Gasteiger partial charge in [-0.05, 0) is 50.5 Å². The minimum Gasteiger partial charge on any atom is -0.468 e. The predicted octanol–water partition coefficient (Wildman–Crippen LogP) is 4.60. The molecular formula is C27H35F3N4O4. The van der Waals surface area contributed by atoms with Crippen molar-refractivity contribution in [3.8, 4) is 5.88 Å². The number of aromatic nitrogens is 2. The minimum absolute atomic E-state index is 0.0694. The Balaban J connectivity index is 1.83. The lowest BCUT2D eigenvalue weighted by Gasteiger charge is -2.33. The van der Waals surface area contributed by atoms with Crippen LogP contribution in [-0.4, -0.2) is 60.7 Å². The van der Waals surface area contributed by atoms with E-state index in [0.717, 1.165) is 11.3 Å². The molecule has 208 valence electrons. The smallest absolute Gasteiger partial charge is 0.422 e. The molecule has 0 aliphatic carbocycles. The van der Waals surface area contributed by atoms with Crippen molar-refractivity contribution in [3.05, 3.63) is 46.8 Å². The molecule has 2 aromatic heterocycles. The number of anilines is 1. The highest BCUT2D eigenvalue weighted by Gasteiger charge is 2.30. The molecule has 0 saturated carbocycles. The van der Waals surface area contributed by atoms with Crippen molar-refractivity contribution in [2.45, 2.75) is 65.3 Å². The van der Waals surface area contributed by atoms with Crippen LogP contribution < -0.4 is 15.0 Å². The average Bonchev–Trinajstić information content (AvgIpc) is 2.86. The third-order valence-electron chi connectivity index (χ3n) is 6.43. The van der Waals surface area contributed by atoms with E-state index in [1.165, 1.54) is 12.1 Å². The summed E-state index contributed by atoms with van der Waals surface area (Å²) in [5.74, 6) is -0.407. The highest BCUT2D eigenvalue weighted by molar-refractivity contribution is 5.99. The summed E-state index contributed by atoms with van der Waals surface area (Å²) in [7, 11) is 1.63. The second-order valence-electron chi connectivity index (χ2n) is 9.87. The van der Waals surface area contributed by atoms with E-state index in [1.54, 1.807) is 13.2 Å². The van der Waals surface area contributed by atoms with Crippen LogP contribution in [0, 0.1) is 12.8 Å². The molecule has 0 spiro atoms. The number of Topliss-reactive ketones (excluding diaryl/α,β-unsaturated/α-hetero) is 1. The molecule has 1 aliphatic rings. The summed E-state index contributed by atoms with van der Waals surface area (Å²) in [5.41, 5.74) is 2.38. The van der Waals surface area contributed by atoms with Gasteiger partial charge >= 0.3 is 6.18 Å². The van der Waals surface area contributed by atoms with E-state index in [-0.39, 0.29) is 41.5 Å². The number of alkyl halides is 3. The maximum atomic E-state index is 13.4. The quantitative estimate of drug-likeness (QED) is 0.474. The number of carbonyl (C=O) groups excluding carboxylic acids is 2. The van der Waals surface area contributed by atoms with Gasteiger partial charge in [-0.2, -0.15) is 18.2 Å². The third-order valence-corrected chi connectivity index (χ3v) is 6.43. The maximum Gasteiger partial charge on any atom is 0.422 e. The number of nitrogens with zero attached hydrogens (tertiary/aromatic N) is 3. The molecule has 0 bridgehead atoms. The molecule has 1 aliphatic heterocycles. The van der Waals surface area contributed by atoms with Gasteiger partial charge in [-0.1, -0.05) is 13.8 Å². The molecule has 8 nitrogen and oxygen atoms in total. The van der Waals surface area contributed by atoms with Crippen LogP contribution in [0.15, 0.2) is 24.3 Å². The van der Waals surface area contributed by atoms with Gasteiger partial charge in [0, 0.05) is 50.0 Å². The van der Waals surface area contributed by atoms with Gasteiger partial charge in [-0.15, -0.1) is 0 Å². The Kier molecular flexibility index (Phi) is 9.70. The van der Waals surface area contributed by atoms with Crippen molar-refractivity contribution < 1.29 is 32.2 Å². The zero-order chi connectivity index (χ0) is 28.0. The molecule has 1 atom stereocenters.